The molecule has 1 aliphatic heterocycles. The number of nitrogens with two attached hydrogens (primary N) is 1. The molecule has 23 heavy (non-hydrogen) atoms. The number of hydrogen-bond acceptors (Lipinski definition) is 5. The van der Waals surface area contributed by atoms with Crippen LogP contribution in [0.4, 0.5) is 5.95 Å². The maximum Gasteiger partial charge on any atom is 0.253 e. The Bertz CT molecular complexity index is 627. The molecule has 1 fully saturated rings. The summed E-state index contributed by atoms with van der Waals surface area (Å²) in [4.78, 5) is 25.0. The quantitative estimate of drug-likeness (QED) is 0.917. The van der Waals surface area contributed by atoms with E-state index in [2.05, 4.69) is 14.9 Å². The third-order valence-electron chi connectivity index (χ3n) is 3.84. The minimum atomic E-state index is 0. The average Bonchev–Trinajstić information content (AvgIpc) is 2.62. The Balaban J connectivity index is 0.00000192. The van der Waals surface area contributed by atoms with Crippen LogP contribution in [0.2, 0.25) is 0 Å². The first-order valence-electron chi connectivity index (χ1n) is 7.38. The number of nitrogens with zero attached hydrogens (tertiary/aromatic N) is 4. The second-order valence-electron chi connectivity index (χ2n) is 5.23. The summed E-state index contributed by atoms with van der Waals surface area (Å²) in [6.45, 7) is 3.34. The summed E-state index contributed by atoms with van der Waals surface area (Å²) >= 11 is 0. The fourth-order valence-corrected chi connectivity index (χ4v) is 2.53. The molecule has 0 bridgehead atoms. The predicted octanol–water partition coefficient (Wildman–Crippen LogP) is 1.32. The highest BCUT2D eigenvalue weighted by Crippen LogP contribution is 2.13. The van der Waals surface area contributed by atoms with Crippen molar-refractivity contribution < 1.29 is 4.79 Å². The van der Waals surface area contributed by atoms with Crippen molar-refractivity contribution in [2.24, 2.45) is 5.73 Å². The molecule has 0 atom stereocenters. The van der Waals surface area contributed by atoms with Gasteiger partial charge >= 0.3 is 0 Å². The molecule has 2 aromatic rings. The van der Waals surface area contributed by atoms with E-state index in [9.17, 15) is 4.79 Å². The van der Waals surface area contributed by atoms with Crippen molar-refractivity contribution in [3.8, 4) is 0 Å². The van der Waals surface area contributed by atoms with Gasteiger partial charge in [0.25, 0.3) is 5.91 Å². The Kier molecular flexibility index (Phi) is 5.90. The van der Waals surface area contributed by atoms with Crippen LogP contribution >= 0.6 is 12.4 Å². The lowest BCUT2D eigenvalue weighted by molar-refractivity contribution is 0.0746. The van der Waals surface area contributed by atoms with Crippen molar-refractivity contribution in [2.75, 3.05) is 31.1 Å². The second kappa shape index (κ2) is 7.89. The van der Waals surface area contributed by atoms with Gasteiger partial charge in [-0.05, 0) is 23.8 Å². The van der Waals surface area contributed by atoms with Gasteiger partial charge in [-0.25, -0.2) is 9.97 Å². The lowest BCUT2D eigenvalue weighted by Crippen LogP contribution is -2.49. The van der Waals surface area contributed by atoms with Gasteiger partial charge in [-0.1, -0.05) is 12.1 Å². The summed E-state index contributed by atoms with van der Waals surface area (Å²) in [5.74, 6) is 0.791. The van der Waals surface area contributed by atoms with Gasteiger partial charge in [0.2, 0.25) is 5.95 Å². The molecular weight excluding hydrogens is 314 g/mol. The molecule has 0 aliphatic carbocycles. The van der Waals surface area contributed by atoms with Crippen molar-refractivity contribution in [3.05, 3.63) is 53.9 Å². The average molecular weight is 334 g/mol. The molecule has 3 rings (SSSR count). The van der Waals surface area contributed by atoms with E-state index in [1.54, 1.807) is 18.5 Å². The molecule has 1 aliphatic rings. The minimum Gasteiger partial charge on any atom is -0.337 e. The lowest BCUT2D eigenvalue weighted by atomic mass is 10.1. The molecule has 122 valence electrons. The van der Waals surface area contributed by atoms with E-state index in [0.29, 0.717) is 25.2 Å². The van der Waals surface area contributed by atoms with Gasteiger partial charge in [0.1, 0.15) is 0 Å². The molecule has 0 unspecified atom stereocenters. The van der Waals surface area contributed by atoms with E-state index in [0.717, 1.165) is 24.6 Å². The van der Waals surface area contributed by atoms with Crippen molar-refractivity contribution in [3.63, 3.8) is 0 Å². The first-order chi connectivity index (χ1) is 10.8. The standard InChI is InChI=1S/C16H19N5O.ClH/c17-12-13-2-4-14(5-3-13)15(22)20-8-10-21(11-9-20)16-18-6-1-7-19-16;/h1-7H,8-12,17H2;1H. The second-order valence-corrected chi connectivity index (χ2v) is 5.23. The Morgan fingerprint density at radius 3 is 2.22 bits per heavy atom. The fourth-order valence-electron chi connectivity index (χ4n) is 2.53. The van der Waals surface area contributed by atoms with Crippen LogP contribution in [0.3, 0.4) is 0 Å². The summed E-state index contributed by atoms with van der Waals surface area (Å²) in [6.07, 6.45) is 3.47. The largest absolute Gasteiger partial charge is 0.337 e. The maximum atomic E-state index is 12.5. The van der Waals surface area contributed by atoms with Gasteiger partial charge in [0, 0.05) is 50.7 Å². The van der Waals surface area contributed by atoms with Crippen LogP contribution in [-0.4, -0.2) is 47.0 Å². The van der Waals surface area contributed by atoms with Crippen molar-refractivity contribution in [2.45, 2.75) is 6.54 Å². The van der Waals surface area contributed by atoms with Crippen LogP contribution in [0.5, 0.6) is 0 Å². The third kappa shape index (κ3) is 3.97. The normalized spacial score (nSPS) is 14.3. The summed E-state index contributed by atoms with van der Waals surface area (Å²) in [7, 11) is 0. The van der Waals surface area contributed by atoms with Crippen LogP contribution in [0.25, 0.3) is 0 Å². The third-order valence-corrected chi connectivity index (χ3v) is 3.84. The lowest BCUT2D eigenvalue weighted by Gasteiger charge is -2.34. The molecule has 2 heterocycles. The minimum absolute atomic E-state index is 0. The van der Waals surface area contributed by atoms with Crippen LogP contribution < -0.4 is 10.6 Å². The number of carbonyl (C=O) groups excluding carboxylic acids is 1. The summed E-state index contributed by atoms with van der Waals surface area (Å²) in [6, 6.07) is 9.30. The van der Waals surface area contributed by atoms with Crippen LogP contribution in [0.1, 0.15) is 15.9 Å². The molecule has 0 spiro atoms. The summed E-state index contributed by atoms with van der Waals surface area (Å²) < 4.78 is 0. The van der Waals surface area contributed by atoms with Gasteiger partial charge in [-0.3, -0.25) is 4.79 Å². The zero-order valence-electron chi connectivity index (χ0n) is 12.8. The SMILES string of the molecule is Cl.NCc1ccc(C(=O)N2CCN(c3ncccn3)CC2)cc1. The molecule has 1 aromatic heterocycles. The summed E-state index contributed by atoms with van der Waals surface area (Å²) in [5, 5.41) is 0. The first-order valence-corrected chi connectivity index (χ1v) is 7.38. The van der Waals surface area contributed by atoms with Crippen molar-refractivity contribution in [1.29, 1.82) is 0 Å². The summed E-state index contributed by atoms with van der Waals surface area (Å²) in [5.41, 5.74) is 7.32. The van der Waals surface area contributed by atoms with Gasteiger partial charge < -0.3 is 15.5 Å². The van der Waals surface area contributed by atoms with Gasteiger partial charge in [0.05, 0.1) is 0 Å². The van der Waals surface area contributed by atoms with E-state index >= 15 is 0 Å². The van der Waals surface area contributed by atoms with Gasteiger partial charge in [-0.2, -0.15) is 0 Å². The molecule has 0 radical (unpaired) electrons. The van der Waals surface area contributed by atoms with E-state index in [-0.39, 0.29) is 18.3 Å². The Morgan fingerprint density at radius 1 is 1.04 bits per heavy atom. The smallest absolute Gasteiger partial charge is 0.253 e. The van der Waals surface area contributed by atoms with Crippen LogP contribution in [0, 0.1) is 0 Å². The van der Waals surface area contributed by atoms with E-state index < -0.39 is 0 Å². The Hall–Kier alpha value is -2.18. The first kappa shape index (κ1) is 17.2. The van der Waals surface area contributed by atoms with Crippen LogP contribution in [-0.2, 0) is 6.54 Å². The zero-order valence-corrected chi connectivity index (χ0v) is 13.6. The number of hydrogen-bond donors (Lipinski definition) is 1. The van der Waals surface area contributed by atoms with Crippen LogP contribution in [0.15, 0.2) is 42.7 Å². The number of amides is 1. The molecule has 2 N–H and O–H groups in total. The highest BCUT2D eigenvalue weighted by atomic mass is 35.5. The van der Waals surface area contributed by atoms with Gasteiger partial charge in [0.15, 0.2) is 0 Å². The molecule has 6 nitrogen and oxygen atoms in total. The topological polar surface area (TPSA) is 75.4 Å². The Morgan fingerprint density at radius 2 is 1.65 bits per heavy atom. The molecule has 0 saturated carbocycles. The van der Waals surface area contributed by atoms with E-state index in [4.69, 9.17) is 5.73 Å². The van der Waals surface area contributed by atoms with E-state index in [1.165, 1.54) is 0 Å². The maximum absolute atomic E-state index is 12.5. The van der Waals surface area contributed by atoms with E-state index in [1.807, 2.05) is 29.2 Å². The zero-order chi connectivity index (χ0) is 15.4. The molecular formula is C16H20ClN5O. The predicted molar refractivity (Wildman–Crippen MR) is 91.7 cm³/mol. The van der Waals surface area contributed by atoms with Crippen molar-refractivity contribution in [1.82, 2.24) is 14.9 Å². The fraction of sp³-hybridized carbons (Fsp3) is 0.312. The molecule has 1 saturated heterocycles. The number of anilines is 1. The molecule has 7 heteroatoms. The van der Waals surface area contributed by atoms with Gasteiger partial charge in [-0.15, -0.1) is 12.4 Å². The number of carbonyl (C=O) groups is 1. The number of benzene rings is 1. The number of rotatable bonds is 3. The molecule has 1 aromatic carbocycles. The monoisotopic (exact) mass is 333 g/mol. The Labute approximate surface area is 141 Å². The number of aromatic nitrogens is 2. The van der Waals surface area contributed by atoms with Crippen molar-refractivity contribution >= 4 is 24.3 Å². The number of halogens is 1. The highest BCUT2D eigenvalue weighted by molar-refractivity contribution is 5.94. The highest BCUT2D eigenvalue weighted by Gasteiger charge is 2.23. The molecule has 1 amide bonds. The number of piperazine rings is 1.